The number of hydrogen-bond donors (Lipinski definition) is 3. The van der Waals surface area contributed by atoms with Gasteiger partial charge in [-0.05, 0) is 36.6 Å². The molecule has 1 amide bonds. The van der Waals surface area contributed by atoms with Crippen molar-refractivity contribution in [3.05, 3.63) is 71.6 Å². The van der Waals surface area contributed by atoms with Crippen LogP contribution >= 0.6 is 0 Å². The average Bonchev–Trinajstić information content (AvgIpc) is 2.72. The molecule has 0 aliphatic carbocycles. The first-order valence-electron chi connectivity index (χ1n) is 9.10. The highest BCUT2D eigenvalue weighted by Crippen LogP contribution is 2.25. The number of amides is 1. The molecule has 0 saturated carbocycles. The number of carbonyl (C=O) groups excluding carboxylic acids is 1. The maximum absolute atomic E-state index is 13.7. The maximum atomic E-state index is 13.7. The predicted molar refractivity (Wildman–Crippen MR) is 104 cm³/mol. The van der Waals surface area contributed by atoms with Crippen LogP contribution < -0.4 is 15.7 Å². The Morgan fingerprint density at radius 3 is 2.59 bits per heavy atom. The number of halogens is 1. The number of carbonyl (C=O) groups is 1. The Balaban J connectivity index is 1.57. The second-order valence-electron chi connectivity index (χ2n) is 6.60. The molecule has 5 nitrogen and oxygen atoms in total. The molecule has 2 aromatic carbocycles. The number of rotatable bonds is 6. The zero-order chi connectivity index (χ0) is 19.1. The topological polar surface area (TPSA) is 64.6 Å². The Labute approximate surface area is 158 Å². The van der Waals surface area contributed by atoms with Crippen molar-refractivity contribution in [2.45, 2.75) is 25.4 Å². The molecule has 1 aliphatic rings. The number of piperidine rings is 1. The Bertz CT molecular complexity index is 802. The molecule has 1 heterocycles. The number of benzene rings is 2. The zero-order valence-electron chi connectivity index (χ0n) is 15.1. The van der Waals surface area contributed by atoms with Gasteiger partial charge in [-0.15, -0.1) is 0 Å². The van der Waals surface area contributed by atoms with Crippen LogP contribution in [0.25, 0.3) is 6.08 Å². The third-order valence-corrected chi connectivity index (χ3v) is 4.84. The summed E-state index contributed by atoms with van der Waals surface area (Å²) in [5.74, 6) is -0.726. The van der Waals surface area contributed by atoms with E-state index in [0.29, 0.717) is 18.2 Å². The lowest BCUT2D eigenvalue weighted by molar-refractivity contribution is -0.124. The lowest BCUT2D eigenvalue weighted by Gasteiger charge is -2.35. The lowest BCUT2D eigenvalue weighted by Crippen LogP contribution is -2.42. The number of hydroxylamine groups is 1. The van der Waals surface area contributed by atoms with Gasteiger partial charge in [0.2, 0.25) is 0 Å². The molecule has 0 atom stereocenters. The van der Waals surface area contributed by atoms with Gasteiger partial charge in [-0.2, -0.15) is 0 Å². The molecule has 142 valence electrons. The minimum Gasteiger partial charge on any atom is -0.371 e. The molecule has 3 N–H and O–H groups in total. The van der Waals surface area contributed by atoms with Gasteiger partial charge < -0.3 is 10.2 Å². The van der Waals surface area contributed by atoms with Crippen molar-refractivity contribution >= 4 is 17.7 Å². The summed E-state index contributed by atoms with van der Waals surface area (Å²) in [5, 5.41) is 12.1. The van der Waals surface area contributed by atoms with Gasteiger partial charge in [0.15, 0.2) is 0 Å². The minimum atomic E-state index is -0.555. The van der Waals surface area contributed by atoms with Crippen LogP contribution in [0.3, 0.4) is 0 Å². The Hall–Kier alpha value is -2.70. The first kappa shape index (κ1) is 19.1. The fourth-order valence-electron chi connectivity index (χ4n) is 3.34. The lowest BCUT2D eigenvalue weighted by atomic mass is 10.0. The highest BCUT2D eigenvalue weighted by Gasteiger charge is 2.20. The number of nitrogens with zero attached hydrogens (tertiary/aromatic N) is 1. The molecule has 0 bridgehead atoms. The minimum absolute atomic E-state index is 0.171. The van der Waals surface area contributed by atoms with Gasteiger partial charge in [0, 0.05) is 43.0 Å². The molecule has 3 rings (SSSR count). The van der Waals surface area contributed by atoms with Gasteiger partial charge in [-0.25, -0.2) is 9.87 Å². The van der Waals surface area contributed by atoms with Gasteiger partial charge in [0.05, 0.1) is 0 Å². The first-order valence-corrected chi connectivity index (χ1v) is 9.10. The largest absolute Gasteiger partial charge is 0.371 e. The van der Waals surface area contributed by atoms with Crippen molar-refractivity contribution in [3.8, 4) is 0 Å². The number of anilines is 1. The SMILES string of the molecule is O=C(/C=C/c1ccccc1N1CCC(NCc2ccccc2F)CC1)NO. The molecule has 6 heteroatoms. The maximum Gasteiger partial charge on any atom is 0.267 e. The highest BCUT2D eigenvalue weighted by atomic mass is 19.1. The second kappa shape index (κ2) is 9.30. The molecule has 1 aliphatic heterocycles. The van der Waals surface area contributed by atoms with E-state index in [9.17, 15) is 9.18 Å². The van der Waals surface area contributed by atoms with Crippen molar-refractivity contribution in [2.24, 2.45) is 0 Å². The van der Waals surface area contributed by atoms with E-state index in [1.165, 1.54) is 12.1 Å². The van der Waals surface area contributed by atoms with Crippen LogP contribution in [-0.4, -0.2) is 30.2 Å². The molecular weight excluding hydrogens is 345 g/mol. The van der Waals surface area contributed by atoms with E-state index in [4.69, 9.17) is 5.21 Å². The fourth-order valence-corrected chi connectivity index (χ4v) is 3.34. The van der Waals surface area contributed by atoms with E-state index < -0.39 is 5.91 Å². The third-order valence-electron chi connectivity index (χ3n) is 4.84. The van der Waals surface area contributed by atoms with E-state index in [1.54, 1.807) is 17.6 Å². The predicted octanol–water partition coefficient (Wildman–Crippen LogP) is 3.10. The summed E-state index contributed by atoms with van der Waals surface area (Å²) in [5.41, 5.74) is 4.28. The van der Waals surface area contributed by atoms with E-state index >= 15 is 0 Å². The van der Waals surface area contributed by atoms with Crippen molar-refractivity contribution in [1.29, 1.82) is 0 Å². The molecule has 0 unspecified atom stereocenters. The molecule has 0 radical (unpaired) electrons. The van der Waals surface area contributed by atoms with Crippen molar-refractivity contribution < 1.29 is 14.4 Å². The first-order chi connectivity index (χ1) is 13.2. The highest BCUT2D eigenvalue weighted by molar-refractivity contribution is 5.91. The van der Waals surface area contributed by atoms with Crippen LogP contribution in [0.15, 0.2) is 54.6 Å². The van der Waals surface area contributed by atoms with E-state index in [0.717, 1.165) is 37.2 Å². The molecule has 2 aromatic rings. The summed E-state index contributed by atoms with van der Waals surface area (Å²) >= 11 is 0. The number of nitrogens with one attached hydrogen (secondary N) is 2. The van der Waals surface area contributed by atoms with Gasteiger partial charge in [0.25, 0.3) is 5.91 Å². The Morgan fingerprint density at radius 1 is 1.15 bits per heavy atom. The summed E-state index contributed by atoms with van der Waals surface area (Å²) in [6.45, 7) is 2.30. The number of hydrogen-bond acceptors (Lipinski definition) is 4. The molecule has 0 spiro atoms. The Morgan fingerprint density at radius 2 is 1.85 bits per heavy atom. The summed E-state index contributed by atoms with van der Waals surface area (Å²) < 4.78 is 13.7. The molecule has 0 aromatic heterocycles. The summed E-state index contributed by atoms with van der Waals surface area (Å²) in [4.78, 5) is 13.5. The van der Waals surface area contributed by atoms with Crippen LogP contribution in [0.5, 0.6) is 0 Å². The quantitative estimate of drug-likeness (QED) is 0.416. The van der Waals surface area contributed by atoms with Crippen LogP contribution in [0.2, 0.25) is 0 Å². The van der Waals surface area contributed by atoms with Gasteiger partial charge >= 0.3 is 0 Å². The zero-order valence-corrected chi connectivity index (χ0v) is 15.1. The smallest absolute Gasteiger partial charge is 0.267 e. The second-order valence-corrected chi connectivity index (χ2v) is 6.60. The van der Waals surface area contributed by atoms with Crippen molar-refractivity contribution in [1.82, 2.24) is 10.8 Å². The van der Waals surface area contributed by atoms with Crippen molar-refractivity contribution in [3.63, 3.8) is 0 Å². The normalized spacial score (nSPS) is 15.3. The standard InChI is InChI=1S/C21H24FN3O2/c22-19-7-3-1-6-17(19)15-23-18-11-13-25(14-12-18)20-8-4-2-5-16(20)9-10-21(26)24-27/h1-10,18,23,27H,11-15H2,(H,24,26)/b10-9+. The molecule has 1 saturated heterocycles. The average molecular weight is 369 g/mol. The van der Waals surface area contributed by atoms with Gasteiger partial charge in [-0.3, -0.25) is 10.0 Å². The van der Waals surface area contributed by atoms with Crippen LogP contribution in [0, 0.1) is 5.82 Å². The van der Waals surface area contributed by atoms with Gasteiger partial charge in [0.1, 0.15) is 5.82 Å². The van der Waals surface area contributed by atoms with E-state index in [1.807, 2.05) is 36.4 Å². The van der Waals surface area contributed by atoms with Crippen molar-refractivity contribution in [2.75, 3.05) is 18.0 Å². The van der Waals surface area contributed by atoms with Gasteiger partial charge in [-0.1, -0.05) is 36.4 Å². The third kappa shape index (κ3) is 5.15. The molecular formula is C21H24FN3O2. The van der Waals surface area contributed by atoms with E-state index in [-0.39, 0.29) is 5.82 Å². The monoisotopic (exact) mass is 369 g/mol. The summed E-state index contributed by atoms with van der Waals surface area (Å²) in [6, 6.07) is 15.1. The van der Waals surface area contributed by atoms with Crippen LogP contribution in [0.4, 0.5) is 10.1 Å². The van der Waals surface area contributed by atoms with Crippen LogP contribution in [0.1, 0.15) is 24.0 Å². The summed E-state index contributed by atoms with van der Waals surface area (Å²) in [7, 11) is 0. The fraction of sp³-hybridized carbons (Fsp3) is 0.286. The van der Waals surface area contributed by atoms with Crippen LogP contribution in [-0.2, 0) is 11.3 Å². The summed E-state index contributed by atoms with van der Waals surface area (Å²) in [6.07, 6.45) is 4.93. The molecule has 1 fully saturated rings. The number of para-hydroxylation sites is 1. The Kier molecular flexibility index (Phi) is 6.57. The van der Waals surface area contributed by atoms with E-state index in [2.05, 4.69) is 10.2 Å². The molecule has 27 heavy (non-hydrogen) atoms.